The summed E-state index contributed by atoms with van der Waals surface area (Å²) >= 11 is 0. The van der Waals surface area contributed by atoms with Crippen molar-refractivity contribution in [1.29, 1.82) is 0 Å². The summed E-state index contributed by atoms with van der Waals surface area (Å²) in [6.07, 6.45) is 0.851. The number of amides is 2. The molecule has 30 heavy (non-hydrogen) atoms. The average molecular weight is 404 g/mol. The summed E-state index contributed by atoms with van der Waals surface area (Å²) < 4.78 is 7.48. The van der Waals surface area contributed by atoms with Crippen molar-refractivity contribution in [3.63, 3.8) is 0 Å². The van der Waals surface area contributed by atoms with Crippen molar-refractivity contribution in [3.8, 4) is 5.75 Å². The van der Waals surface area contributed by atoms with Crippen LogP contribution in [0.5, 0.6) is 5.75 Å². The van der Waals surface area contributed by atoms with Crippen molar-refractivity contribution < 1.29 is 14.3 Å². The molecule has 8 nitrogen and oxygen atoms in total. The van der Waals surface area contributed by atoms with Gasteiger partial charge in [0.1, 0.15) is 11.6 Å². The minimum absolute atomic E-state index is 0.0668. The lowest BCUT2D eigenvalue weighted by Gasteiger charge is -2.34. The maximum atomic E-state index is 13.4. The van der Waals surface area contributed by atoms with Crippen molar-refractivity contribution in [2.75, 3.05) is 18.5 Å². The van der Waals surface area contributed by atoms with Crippen molar-refractivity contribution in [2.45, 2.75) is 25.5 Å². The van der Waals surface area contributed by atoms with E-state index in [0.717, 1.165) is 18.7 Å². The summed E-state index contributed by atoms with van der Waals surface area (Å²) in [5.41, 5.74) is 1.46. The molecule has 8 heteroatoms. The number of nitrogens with zero attached hydrogens (tertiary/aromatic N) is 3. The molecule has 2 aromatic carbocycles. The number of fused-ring (bicyclic) bond motifs is 3. The second kappa shape index (κ2) is 6.98. The van der Waals surface area contributed by atoms with E-state index in [0.29, 0.717) is 34.4 Å². The zero-order valence-electron chi connectivity index (χ0n) is 16.4. The van der Waals surface area contributed by atoms with Crippen LogP contribution in [0.4, 0.5) is 5.69 Å². The van der Waals surface area contributed by atoms with E-state index >= 15 is 0 Å². The van der Waals surface area contributed by atoms with Gasteiger partial charge in [0, 0.05) is 25.6 Å². The van der Waals surface area contributed by atoms with Crippen LogP contribution in [0.2, 0.25) is 0 Å². The summed E-state index contributed by atoms with van der Waals surface area (Å²) in [6, 6.07) is 12.1. The Morgan fingerprint density at radius 2 is 2.03 bits per heavy atom. The molecule has 0 saturated carbocycles. The summed E-state index contributed by atoms with van der Waals surface area (Å²) in [7, 11) is 1.53. The molecule has 0 spiro atoms. The van der Waals surface area contributed by atoms with Gasteiger partial charge in [-0.3, -0.25) is 19.0 Å². The molecule has 3 heterocycles. The minimum atomic E-state index is -0.805. The van der Waals surface area contributed by atoms with Gasteiger partial charge >= 0.3 is 0 Å². The zero-order valence-corrected chi connectivity index (χ0v) is 16.4. The van der Waals surface area contributed by atoms with Gasteiger partial charge in [-0.15, -0.1) is 0 Å². The molecule has 0 radical (unpaired) electrons. The van der Waals surface area contributed by atoms with Gasteiger partial charge in [0.05, 0.1) is 23.1 Å². The first kappa shape index (κ1) is 18.4. The van der Waals surface area contributed by atoms with E-state index in [1.807, 2.05) is 6.07 Å². The third-order valence-corrected chi connectivity index (χ3v) is 5.62. The fourth-order valence-corrected chi connectivity index (χ4v) is 4.10. The maximum Gasteiger partial charge on any atom is 0.262 e. The Morgan fingerprint density at radius 3 is 2.87 bits per heavy atom. The molecule has 152 valence electrons. The molecule has 5 rings (SSSR count). The number of rotatable bonds is 2. The van der Waals surface area contributed by atoms with Gasteiger partial charge in [0.15, 0.2) is 6.10 Å². The predicted octanol–water partition coefficient (Wildman–Crippen LogP) is 1.50. The topological polar surface area (TPSA) is 93.5 Å². The van der Waals surface area contributed by atoms with Crippen molar-refractivity contribution in [2.24, 2.45) is 0 Å². The lowest BCUT2D eigenvalue weighted by molar-refractivity contribution is -0.127. The smallest absolute Gasteiger partial charge is 0.262 e. The molecule has 2 aliphatic heterocycles. The Balaban J connectivity index is 1.56. The van der Waals surface area contributed by atoms with Crippen LogP contribution in [0, 0.1) is 0 Å². The predicted molar refractivity (Wildman–Crippen MR) is 111 cm³/mol. The van der Waals surface area contributed by atoms with Gasteiger partial charge in [-0.2, -0.15) is 0 Å². The zero-order chi connectivity index (χ0) is 20.8. The number of ether oxygens (including phenoxy) is 1. The summed E-state index contributed by atoms with van der Waals surface area (Å²) in [6.45, 7) is 0.775. The Labute approximate surface area is 172 Å². The molecule has 2 aliphatic rings. The maximum absolute atomic E-state index is 13.4. The Bertz CT molecular complexity index is 1250. The van der Waals surface area contributed by atoms with E-state index in [2.05, 4.69) is 10.3 Å². The van der Waals surface area contributed by atoms with Crippen LogP contribution < -0.4 is 20.5 Å². The van der Waals surface area contributed by atoms with Crippen molar-refractivity contribution >= 4 is 28.4 Å². The number of nitrogens with one attached hydrogen (secondary N) is 1. The highest BCUT2D eigenvalue weighted by Crippen LogP contribution is 2.34. The Hall–Kier alpha value is -3.68. The standard InChI is InChI=1S/C22H20N4O4/c1-23-20(27)18-12-26(16-5-2-3-6-17(16)30-18)21(28)13-8-9-14-15(11-13)24-19-7-4-10-25(19)22(14)29/h2-3,5-6,8-9,11,18H,4,7,10,12H2,1H3,(H,23,27)/t18-/m1/s1. The number of carbonyl (C=O) groups excluding carboxylic acids is 2. The molecule has 0 bridgehead atoms. The monoisotopic (exact) mass is 404 g/mol. The second-order valence-electron chi connectivity index (χ2n) is 7.42. The normalized spacial score (nSPS) is 17.2. The number of aromatic nitrogens is 2. The SMILES string of the molecule is CNC(=O)[C@H]1CN(C(=O)c2ccc3c(=O)n4c(nc3c2)CCC4)c2ccccc2O1. The van der Waals surface area contributed by atoms with E-state index in [-0.39, 0.29) is 23.9 Å². The number of hydrogen-bond acceptors (Lipinski definition) is 5. The first-order chi connectivity index (χ1) is 14.6. The van der Waals surface area contributed by atoms with E-state index < -0.39 is 6.10 Å². The largest absolute Gasteiger partial charge is 0.477 e. The number of carbonyl (C=O) groups is 2. The van der Waals surface area contributed by atoms with Crippen LogP contribution in [-0.2, 0) is 17.8 Å². The first-order valence-electron chi connectivity index (χ1n) is 9.89. The molecule has 0 unspecified atom stereocenters. The highest BCUT2D eigenvalue weighted by atomic mass is 16.5. The number of benzene rings is 2. The molecule has 1 N–H and O–H groups in total. The van der Waals surface area contributed by atoms with Gasteiger partial charge in [0.25, 0.3) is 17.4 Å². The fourth-order valence-electron chi connectivity index (χ4n) is 4.10. The van der Waals surface area contributed by atoms with Crippen LogP contribution >= 0.6 is 0 Å². The van der Waals surface area contributed by atoms with Gasteiger partial charge in [-0.05, 0) is 36.8 Å². The number of likely N-dealkylation sites (N-methyl/N-ethyl adjacent to an activating group) is 1. The van der Waals surface area contributed by atoms with E-state index in [1.54, 1.807) is 45.9 Å². The van der Waals surface area contributed by atoms with Gasteiger partial charge in [0.2, 0.25) is 0 Å². The van der Waals surface area contributed by atoms with E-state index in [1.165, 1.54) is 7.05 Å². The van der Waals surface area contributed by atoms with Crippen molar-refractivity contribution in [3.05, 3.63) is 64.2 Å². The average Bonchev–Trinajstić information content (AvgIpc) is 3.26. The second-order valence-corrected chi connectivity index (χ2v) is 7.42. The third-order valence-electron chi connectivity index (χ3n) is 5.62. The quantitative estimate of drug-likeness (QED) is 0.699. The molecule has 3 aromatic rings. The minimum Gasteiger partial charge on any atom is -0.477 e. The fraction of sp³-hybridized carbons (Fsp3) is 0.273. The molecule has 1 aromatic heterocycles. The van der Waals surface area contributed by atoms with Gasteiger partial charge < -0.3 is 15.0 Å². The molecular weight excluding hydrogens is 384 g/mol. The third kappa shape index (κ3) is 2.83. The highest BCUT2D eigenvalue weighted by molar-refractivity contribution is 6.09. The van der Waals surface area contributed by atoms with Crippen LogP contribution in [-0.4, -0.2) is 41.1 Å². The van der Waals surface area contributed by atoms with Crippen LogP contribution in [0.3, 0.4) is 0 Å². The van der Waals surface area contributed by atoms with E-state index in [4.69, 9.17) is 4.74 Å². The highest BCUT2D eigenvalue weighted by Gasteiger charge is 2.34. The summed E-state index contributed by atoms with van der Waals surface area (Å²) in [5.74, 6) is 0.657. The Morgan fingerprint density at radius 1 is 1.20 bits per heavy atom. The first-order valence-corrected chi connectivity index (χ1v) is 9.89. The molecule has 0 fully saturated rings. The van der Waals surface area contributed by atoms with Crippen LogP contribution in [0.25, 0.3) is 10.9 Å². The lowest BCUT2D eigenvalue weighted by atomic mass is 10.1. The van der Waals surface area contributed by atoms with Crippen LogP contribution in [0.15, 0.2) is 47.3 Å². The van der Waals surface area contributed by atoms with Gasteiger partial charge in [-0.1, -0.05) is 12.1 Å². The molecular formula is C22H20N4O4. The van der Waals surface area contributed by atoms with Gasteiger partial charge in [-0.25, -0.2) is 4.98 Å². The van der Waals surface area contributed by atoms with E-state index in [9.17, 15) is 14.4 Å². The Kier molecular flexibility index (Phi) is 4.27. The molecule has 0 aliphatic carbocycles. The number of anilines is 1. The molecule has 1 atom stereocenters. The number of hydrogen-bond donors (Lipinski definition) is 1. The summed E-state index contributed by atoms with van der Waals surface area (Å²) in [4.78, 5) is 44.4. The summed E-state index contributed by atoms with van der Waals surface area (Å²) in [5, 5.41) is 3.07. The number of aryl methyl sites for hydroxylation is 1. The number of para-hydroxylation sites is 2. The van der Waals surface area contributed by atoms with Crippen LogP contribution in [0.1, 0.15) is 22.6 Å². The molecule has 0 saturated heterocycles. The lowest BCUT2D eigenvalue weighted by Crippen LogP contribution is -2.50. The molecule has 2 amide bonds. The van der Waals surface area contributed by atoms with Crippen molar-refractivity contribution in [1.82, 2.24) is 14.9 Å².